The van der Waals surface area contributed by atoms with Gasteiger partial charge in [-0.3, -0.25) is 29.0 Å². The molecule has 4 unspecified atom stereocenters. The van der Waals surface area contributed by atoms with Crippen LogP contribution < -0.4 is 0 Å². The Balaban J connectivity index is 0.000000807. The highest BCUT2D eigenvalue weighted by molar-refractivity contribution is 6.06. The number of rotatable bonds is 6. The Kier molecular flexibility index (Phi) is 9.66. The van der Waals surface area contributed by atoms with Gasteiger partial charge in [0.15, 0.2) is 0 Å². The van der Waals surface area contributed by atoms with E-state index in [4.69, 9.17) is 0 Å². The molecule has 0 radical (unpaired) electrons. The molecule has 0 aromatic rings. The first kappa shape index (κ1) is 25.0. The van der Waals surface area contributed by atoms with Crippen LogP contribution in [0, 0.1) is 23.7 Å². The standard InChI is InChI=1S/C21H26N2O4.2C2H6/c24-18-14-8-2-3-9-15(14)19(25)22(18)12-6-1-7-13-23-20(26)16-10-4-5-11-17(16)21(23)27;2*1-2/h2-5,14-17H,1,6-13H2;2*1-2H3. The molecule has 0 aromatic carbocycles. The van der Waals surface area contributed by atoms with Crippen molar-refractivity contribution >= 4 is 23.6 Å². The molecular formula is C25H38N2O4. The Bertz CT molecular complexity index is 615. The Morgan fingerprint density at radius 1 is 0.548 bits per heavy atom. The van der Waals surface area contributed by atoms with Crippen molar-refractivity contribution in [2.75, 3.05) is 13.1 Å². The topological polar surface area (TPSA) is 74.8 Å². The maximum absolute atomic E-state index is 12.4. The third kappa shape index (κ3) is 5.16. The predicted octanol–water partition coefficient (Wildman–Crippen LogP) is 4.11. The molecule has 0 aromatic heterocycles. The van der Waals surface area contributed by atoms with E-state index in [9.17, 15) is 19.2 Å². The van der Waals surface area contributed by atoms with Gasteiger partial charge in [0.2, 0.25) is 23.6 Å². The van der Waals surface area contributed by atoms with Crippen molar-refractivity contribution in [1.29, 1.82) is 0 Å². The van der Waals surface area contributed by atoms with Crippen molar-refractivity contribution in [3.63, 3.8) is 0 Å². The normalized spacial score (nSPS) is 28.6. The number of fused-ring (bicyclic) bond motifs is 2. The molecular weight excluding hydrogens is 392 g/mol. The number of unbranched alkanes of at least 4 members (excludes halogenated alkanes) is 2. The quantitative estimate of drug-likeness (QED) is 0.361. The largest absolute Gasteiger partial charge is 0.282 e. The molecule has 0 spiro atoms. The van der Waals surface area contributed by atoms with Crippen LogP contribution in [0.1, 0.15) is 72.6 Å². The van der Waals surface area contributed by atoms with Crippen LogP contribution in [0.25, 0.3) is 0 Å². The van der Waals surface area contributed by atoms with Crippen LogP contribution in [0.5, 0.6) is 0 Å². The van der Waals surface area contributed by atoms with E-state index in [2.05, 4.69) is 0 Å². The molecule has 31 heavy (non-hydrogen) atoms. The lowest BCUT2D eigenvalue weighted by atomic mass is 9.85. The van der Waals surface area contributed by atoms with Gasteiger partial charge in [-0.05, 0) is 44.9 Å². The summed E-state index contributed by atoms with van der Waals surface area (Å²) in [7, 11) is 0. The first-order valence-corrected chi connectivity index (χ1v) is 12.1. The van der Waals surface area contributed by atoms with Crippen molar-refractivity contribution < 1.29 is 19.2 Å². The summed E-state index contributed by atoms with van der Waals surface area (Å²) in [6, 6.07) is 0. The Morgan fingerprint density at radius 2 is 0.806 bits per heavy atom. The van der Waals surface area contributed by atoms with Crippen molar-refractivity contribution in [3.8, 4) is 0 Å². The Morgan fingerprint density at radius 3 is 1.06 bits per heavy atom. The number of carbonyl (C=O) groups excluding carboxylic acids is 4. The van der Waals surface area contributed by atoms with Crippen LogP contribution in [0.4, 0.5) is 0 Å². The summed E-state index contributed by atoms with van der Waals surface area (Å²) >= 11 is 0. The number of imide groups is 2. The lowest BCUT2D eigenvalue weighted by molar-refractivity contribution is -0.141. The molecule has 2 heterocycles. The molecule has 2 saturated heterocycles. The van der Waals surface area contributed by atoms with E-state index in [0.29, 0.717) is 38.8 Å². The predicted molar refractivity (Wildman–Crippen MR) is 121 cm³/mol. The fourth-order valence-corrected chi connectivity index (χ4v) is 4.90. The highest BCUT2D eigenvalue weighted by Crippen LogP contribution is 2.36. The third-order valence-electron chi connectivity index (χ3n) is 6.46. The summed E-state index contributed by atoms with van der Waals surface area (Å²) in [6.45, 7) is 8.89. The van der Waals surface area contributed by atoms with Crippen LogP contribution >= 0.6 is 0 Å². The van der Waals surface area contributed by atoms with Gasteiger partial charge in [0.1, 0.15) is 0 Å². The van der Waals surface area contributed by atoms with Crippen molar-refractivity contribution in [1.82, 2.24) is 9.80 Å². The average Bonchev–Trinajstić information content (AvgIpc) is 3.22. The smallest absolute Gasteiger partial charge is 0.233 e. The monoisotopic (exact) mass is 430 g/mol. The van der Waals surface area contributed by atoms with Gasteiger partial charge in [0.25, 0.3) is 0 Å². The van der Waals surface area contributed by atoms with Crippen molar-refractivity contribution in [2.45, 2.75) is 72.6 Å². The summed E-state index contributed by atoms with van der Waals surface area (Å²) in [5, 5.41) is 0. The highest BCUT2D eigenvalue weighted by atomic mass is 16.2. The summed E-state index contributed by atoms with van der Waals surface area (Å²) in [6.07, 6.45) is 12.9. The highest BCUT2D eigenvalue weighted by Gasteiger charge is 2.47. The number of hydrogen-bond donors (Lipinski definition) is 0. The summed E-state index contributed by atoms with van der Waals surface area (Å²) in [5.74, 6) is -0.796. The van der Waals surface area contributed by atoms with E-state index < -0.39 is 0 Å². The minimum absolute atomic E-state index is 0.0316. The zero-order chi connectivity index (χ0) is 23.0. The van der Waals surface area contributed by atoms with Gasteiger partial charge in [-0.25, -0.2) is 0 Å². The van der Waals surface area contributed by atoms with Crippen molar-refractivity contribution in [3.05, 3.63) is 24.3 Å². The van der Waals surface area contributed by atoms with Gasteiger partial charge in [-0.2, -0.15) is 0 Å². The zero-order valence-corrected chi connectivity index (χ0v) is 19.5. The minimum atomic E-state index is -0.167. The Labute approximate surface area is 186 Å². The number of nitrogens with zero attached hydrogens (tertiary/aromatic N) is 2. The molecule has 4 atom stereocenters. The third-order valence-corrected chi connectivity index (χ3v) is 6.46. The van der Waals surface area contributed by atoms with Gasteiger partial charge in [0.05, 0.1) is 23.7 Å². The van der Waals surface area contributed by atoms with Gasteiger partial charge in [0, 0.05) is 13.1 Å². The van der Waals surface area contributed by atoms with E-state index in [1.807, 2.05) is 52.0 Å². The molecule has 6 nitrogen and oxygen atoms in total. The van der Waals surface area contributed by atoms with Crippen LogP contribution in [0.2, 0.25) is 0 Å². The van der Waals surface area contributed by atoms with Crippen LogP contribution in [-0.4, -0.2) is 46.5 Å². The first-order chi connectivity index (χ1) is 15.1. The Hall–Kier alpha value is -2.24. The molecule has 0 bridgehead atoms. The maximum atomic E-state index is 12.4. The molecule has 2 fully saturated rings. The van der Waals surface area contributed by atoms with Gasteiger partial charge >= 0.3 is 0 Å². The first-order valence-electron chi connectivity index (χ1n) is 12.1. The molecule has 2 aliphatic heterocycles. The van der Waals surface area contributed by atoms with E-state index in [1.165, 1.54) is 9.80 Å². The zero-order valence-electron chi connectivity index (χ0n) is 19.5. The molecule has 4 amide bonds. The maximum Gasteiger partial charge on any atom is 0.233 e. The molecule has 4 rings (SSSR count). The fourth-order valence-electron chi connectivity index (χ4n) is 4.90. The van der Waals surface area contributed by atoms with Crippen LogP contribution in [0.15, 0.2) is 24.3 Å². The van der Waals surface area contributed by atoms with Gasteiger partial charge in [-0.15, -0.1) is 0 Å². The molecule has 0 saturated carbocycles. The van der Waals surface area contributed by atoms with Gasteiger partial charge < -0.3 is 0 Å². The van der Waals surface area contributed by atoms with E-state index in [0.717, 1.165) is 19.3 Å². The molecule has 6 heteroatoms. The minimum Gasteiger partial charge on any atom is -0.282 e. The average molecular weight is 431 g/mol. The lowest BCUT2D eigenvalue weighted by Crippen LogP contribution is -2.33. The number of hydrogen-bond acceptors (Lipinski definition) is 4. The summed E-state index contributed by atoms with van der Waals surface area (Å²) in [4.78, 5) is 52.5. The molecule has 4 aliphatic rings. The second-order valence-corrected chi connectivity index (χ2v) is 8.03. The summed E-state index contributed by atoms with van der Waals surface area (Å²) in [5.41, 5.74) is 0. The van der Waals surface area contributed by atoms with Gasteiger partial charge in [-0.1, -0.05) is 52.0 Å². The fraction of sp³-hybridized carbons (Fsp3) is 0.680. The van der Waals surface area contributed by atoms with E-state index >= 15 is 0 Å². The number of amides is 4. The van der Waals surface area contributed by atoms with Crippen molar-refractivity contribution in [2.24, 2.45) is 23.7 Å². The van der Waals surface area contributed by atoms with Crippen LogP contribution in [-0.2, 0) is 19.2 Å². The number of likely N-dealkylation sites (tertiary alicyclic amines) is 2. The molecule has 172 valence electrons. The number of carbonyl (C=O) groups is 4. The van der Waals surface area contributed by atoms with E-state index in [1.54, 1.807) is 0 Å². The van der Waals surface area contributed by atoms with Crippen LogP contribution in [0.3, 0.4) is 0 Å². The SMILES string of the molecule is CC.CC.O=C1C2CC=CCC2C(=O)N1CCCCCN1C(=O)C2CC=CCC2C1=O. The van der Waals surface area contributed by atoms with E-state index in [-0.39, 0.29) is 47.3 Å². The lowest BCUT2D eigenvalue weighted by Gasteiger charge is -2.16. The summed E-state index contributed by atoms with van der Waals surface area (Å²) < 4.78 is 0. The second-order valence-electron chi connectivity index (χ2n) is 8.03. The number of allylic oxidation sites excluding steroid dienone is 4. The molecule has 0 N–H and O–H groups in total. The molecule has 2 aliphatic carbocycles. The second kappa shape index (κ2) is 12.0.